The maximum atomic E-state index is 12.4. The van der Waals surface area contributed by atoms with Crippen molar-refractivity contribution in [2.45, 2.75) is 13.3 Å². The Morgan fingerprint density at radius 2 is 1.88 bits per heavy atom. The summed E-state index contributed by atoms with van der Waals surface area (Å²) in [6.45, 7) is 2.07. The van der Waals surface area contributed by atoms with Crippen molar-refractivity contribution in [3.63, 3.8) is 0 Å². The molecule has 0 aliphatic rings. The molecule has 26 heavy (non-hydrogen) atoms. The van der Waals surface area contributed by atoms with E-state index in [2.05, 4.69) is 20.6 Å². The molecule has 0 aliphatic carbocycles. The van der Waals surface area contributed by atoms with Gasteiger partial charge in [-0.1, -0.05) is 18.2 Å². The maximum Gasteiger partial charge on any atom is 0.257 e. The number of rotatable bonds is 6. The number of aromatic nitrogens is 2. The Bertz CT molecular complexity index is 891. The fourth-order valence-electron chi connectivity index (χ4n) is 2.34. The second-order valence-corrected chi connectivity index (χ2v) is 6.49. The fourth-order valence-corrected chi connectivity index (χ4v) is 3.04. The van der Waals surface area contributed by atoms with Crippen molar-refractivity contribution >= 4 is 28.3 Å². The van der Waals surface area contributed by atoms with Crippen LogP contribution in [0, 0.1) is 0 Å². The van der Waals surface area contributed by atoms with Crippen LogP contribution in [0.5, 0.6) is 0 Å². The molecule has 3 aromatic rings. The smallest absolute Gasteiger partial charge is 0.257 e. The van der Waals surface area contributed by atoms with Gasteiger partial charge in [0.1, 0.15) is 5.69 Å². The van der Waals surface area contributed by atoms with E-state index in [4.69, 9.17) is 0 Å². The van der Waals surface area contributed by atoms with Crippen LogP contribution in [-0.4, -0.2) is 28.3 Å². The van der Waals surface area contributed by atoms with Gasteiger partial charge in [0.15, 0.2) is 5.13 Å². The van der Waals surface area contributed by atoms with E-state index in [1.807, 2.05) is 35.7 Å². The van der Waals surface area contributed by atoms with Crippen LogP contribution in [-0.2, 0) is 11.2 Å². The van der Waals surface area contributed by atoms with Crippen molar-refractivity contribution < 1.29 is 9.59 Å². The van der Waals surface area contributed by atoms with Crippen molar-refractivity contribution in [2.75, 3.05) is 11.9 Å². The van der Waals surface area contributed by atoms with Crippen LogP contribution < -0.4 is 10.6 Å². The predicted octanol–water partition coefficient (Wildman–Crippen LogP) is 3.14. The van der Waals surface area contributed by atoms with Crippen molar-refractivity contribution in [3.05, 3.63) is 65.2 Å². The first-order valence-corrected chi connectivity index (χ1v) is 9.01. The first-order chi connectivity index (χ1) is 12.6. The largest absolute Gasteiger partial charge is 0.356 e. The van der Waals surface area contributed by atoms with Crippen molar-refractivity contribution in [2.24, 2.45) is 0 Å². The van der Waals surface area contributed by atoms with Gasteiger partial charge >= 0.3 is 0 Å². The molecule has 2 N–H and O–H groups in total. The van der Waals surface area contributed by atoms with E-state index in [1.165, 1.54) is 18.3 Å². The minimum Gasteiger partial charge on any atom is -0.356 e. The summed E-state index contributed by atoms with van der Waals surface area (Å²) < 4.78 is 0. The van der Waals surface area contributed by atoms with E-state index in [-0.39, 0.29) is 11.8 Å². The number of benzene rings is 1. The van der Waals surface area contributed by atoms with Crippen molar-refractivity contribution in [1.29, 1.82) is 0 Å². The minimum atomic E-state index is -0.208. The zero-order valence-electron chi connectivity index (χ0n) is 14.2. The first-order valence-electron chi connectivity index (χ1n) is 8.13. The van der Waals surface area contributed by atoms with Crippen LogP contribution in [0.25, 0.3) is 11.4 Å². The number of anilines is 1. The third-order valence-corrected chi connectivity index (χ3v) is 4.41. The summed E-state index contributed by atoms with van der Waals surface area (Å²) in [7, 11) is 0. The first kappa shape index (κ1) is 17.8. The second-order valence-electron chi connectivity index (χ2n) is 5.64. The standard InChI is InChI=1S/C19H18N4O2S/c1-13(24)20-11-9-14-5-7-15(8-6-14)18(25)23-19-22-17(12-26-19)16-4-2-3-10-21-16/h2-8,10,12H,9,11H2,1H3,(H,20,24)(H,22,23,25). The molecule has 0 bridgehead atoms. The topological polar surface area (TPSA) is 84.0 Å². The van der Waals surface area contributed by atoms with Gasteiger partial charge < -0.3 is 5.32 Å². The fraction of sp³-hybridized carbons (Fsp3) is 0.158. The number of hydrogen-bond acceptors (Lipinski definition) is 5. The number of thiazole rings is 1. The average molecular weight is 366 g/mol. The van der Waals surface area contributed by atoms with Gasteiger partial charge in [0, 0.05) is 30.6 Å². The molecule has 2 heterocycles. The number of amides is 2. The Labute approximate surface area is 155 Å². The summed E-state index contributed by atoms with van der Waals surface area (Å²) in [5.41, 5.74) is 3.12. The number of hydrogen-bond donors (Lipinski definition) is 2. The van der Waals surface area contributed by atoms with Gasteiger partial charge in [-0.3, -0.25) is 19.9 Å². The highest BCUT2D eigenvalue weighted by Crippen LogP contribution is 2.23. The molecule has 3 rings (SSSR count). The van der Waals surface area contributed by atoms with E-state index in [0.717, 1.165) is 23.4 Å². The average Bonchev–Trinajstić information content (AvgIpc) is 3.11. The molecule has 0 spiro atoms. The summed E-state index contributed by atoms with van der Waals surface area (Å²) in [5, 5.41) is 7.96. The minimum absolute atomic E-state index is 0.0467. The van der Waals surface area contributed by atoms with Crippen LogP contribution in [0.4, 0.5) is 5.13 Å². The molecule has 1 aromatic carbocycles. The van der Waals surface area contributed by atoms with Crippen LogP contribution in [0.1, 0.15) is 22.8 Å². The lowest BCUT2D eigenvalue weighted by molar-refractivity contribution is -0.118. The number of nitrogens with zero attached hydrogens (tertiary/aromatic N) is 2. The molecule has 0 fully saturated rings. The Kier molecular flexibility index (Phi) is 5.70. The molecular weight excluding hydrogens is 348 g/mol. The van der Waals surface area contributed by atoms with E-state index in [1.54, 1.807) is 18.3 Å². The SMILES string of the molecule is CC(=O)NCCc1ccc(C(=O)Nc2nc(-c3ccccn3)cs2)cc1. The Balaban J connectivity index is 1.60. The van der Waals surface area contributed by atoms with Gasteiger partial charge in [-0.25, -0.2) is 4.98 Å². The Hall–Kier alpha value is -3.06. The van der Waals surface area contributed by atoms with Crippen molar-refractivity contribution in [3.8, 4) is 11.4 Å². The van der Waals surface area contributed by atoms with Crippen LogP contribution in [0.15, 0.2) is 54.0 Å². The monoisotopic (exact) mass is 366 g/mol. The lowest BCUT2D eigenvalue weighted by atomic mass is 10.1. The molecule has 132 valence electrons. The number of pyridine rings is 1. The highest BCUT2D eigenvalue weighted by molar-refractivity contribution is 7.14. The summed E-state index contributed by atoms with van der Waals surface area (Å²) in [6.07, 6.45) is 2.43. The van der Waals surface area contributed by atoms with Crippen LogP contribution >= 0.6 is 11.3 Å². The highest BCUT2D eigenvalue weighted by atomic mass is 32.1. The van der Waals surface area contributed by atoms with Gasteiger partial charge in [0.2, 0.25) is 5.91 Å². The Morgan fingerprint density at radius 1 is 1.08 bits per heavy atom. The third-order valence-electron chi connectivity index (χ3n) is 3.66. The summed E-state index contributed by atoms with van der Waals surface area (Å²) in [6, 6.07) is 12.9. The molecular formula is C19H18N4O2S. The number of carbonyl (C=O) groups is 2. The number of carbonyl (C=O) groups excluding carboxylic acids is 2. The van der Waals surface area contributed by atoms with E-state index in [0.29, 0.717) is 17.2 Å². The number of nitrogens with one attached hydrogen (secondary N) is 2. The molecule has 0 aliphatic heterocycles. The van der Waals surface area contributed by atoms with E-state index >= 15 is 0 Å². The molecule has 2 aromatic heterocycles. The Morgan fingerprint density at radius 3 is 2.58 bits per heavy atom. The van der Waals surface area contributed by atoms with E-state index in [9.17, 15) is 9.59 Å². The van der Waals surface area contributed by atoms with Gasteiger partial charge in [-0.2, -0.15) is 0 Å². The van der Waals surface area contributed by atoms with Gasteiger partial charge in [-0.05, 0) is 36.2 Å². The molecule has 0 saturated heterocycles. The lowest BCUT2D eigenvalue weighted by Gasteiger charge is -2.05. The zero-order valence-corrected chi connectivity index (χ0v) is 15.0. The highest BCUT2D eigenvalue weighted by Gasteiger charge is 2.10. The molecule has 0 saturated carbocycles. The normalized spacial score (nSPS) is 10.3. The van der Waals surface area contributed by atoms with Crippen molar-refractivity contribution in [1.82, 2.24) is 15.3 Å². The summed E-state index contributed by atoms with van der Waals surface area (Å²) in [5.74, 6) is -0.255. The van der Waals surface area contributed by atoms with E-state index < -0.39 is 0 Å². The summed E-state index contributed by atoms with van der Waals surface area (Å²) in [4.78, 5) is 31.9. The van der Waals surface area contributed by atoms with Crippen LogP contribution in [0.2, 0.25) is 0 Å². The predicted molar refractivity (Wildman–Crippen MR) is 102 cm³/mol. The van der Waals surface area contributed by atoms with Gasteiger partial charge in [-0.15, -0.1) is 11.3 Å². The molecule has 0 radical (unpaired) electrons. The molecule has 7 heteroatoms. The van der Waals surface area contributed by atoms with Gasteiger partial charge in [0.05, 0.1) is 5.69 Å². The molecule has 0 unspecified atom stereocenters. The van der Waals surface area contributed by atoms with Gasteiger partial charge in [0.25, 0.3) is 5.91 Å². The second kappa shape index (κ2) is 8.35. The summed E-state index contributed by atoms with van der Waals surface area (Å²) >= 11 is 1.36. The lowest BCUT2D eigenvalue weighted by Crippen LogP contribution is -2.22. The quantitative estimate of drug-likeness (QED) is 0.702. The van der Waals surface area contributed by atoms with Crippen LogP contribution in [0.3, 0.4) is 0 Å². The molecule has 2 amide bonds. The zero-order chi connectivity index (χ0) is 18.4. The molecule has 6 nitrogen and oxygen atoms in total. The maximum absolute atomic E-state index is 12.4. The molecule has 0 atom stereocenters. The third kappa shape index (κ3) is 4.73.